The van der Waals surface area contributed by atoms with E-state index in [0.717, 1.165) is 29.3 Å². The fourth-order valence-corrected chi connectivity index (χ4v) is 2.25. The second-order valence-corrected chi connectivity index (χ2v) is 5.39. The third kappa shape index (κ3) is 4.16. The summed E-state index contributed by atoms with van der Waals surface area (Å²) in [5, 5.41) is 0. The van der Waals surface area contributed by atoms with Crippen LogP contribution in [0, 0.1) is 5.92 Å². The van der Waals surface area contributed by atoms with Gasteiger partial charge in [-0.15, -0.1) is 0 Å². The van der Waals surface area contributed by atoms with E-state index in [2.05, 4.69) is 29.2 Å². The molecule has 0 atom stereocenters. The Morgan fingerprint density at radius 3 is 2.67 bits per heavy atom. The molecule has 5 nitrogen and oxygen atoms in total. The summed E-state index contributed by atoms with van der Waals surface area (Å²) in [7, 11) is 1.67. The van der Waals surface area contributed by atoms with Gasteiger partial charge in [-0.05, 0) is 18.4 Å². The second kappa shape index (κ2) is 7.04. The molecule has 2 rings (SSSR count). The average Bonchev–Trinajstić information content (AvgIpc) is 2.46. The molecule has 0 fully saturated rings. The van der Waals surface area contributed by atoms with Gasteiger partial charge < -0.3 is 10.2 Å². The maximum absolute atomic E-state index is 5.50. The quantitative estimate of drug-likeness (QED) is 0.630. The highest BCUT2D eigenvalue weighted by atomic mass is 16.5. The molecule has 1 aromatic heterocycles. The molecule has 1 heterocycles. The number of aromatic nitrogens is 2. The summed E-state index contributed by atoms with van der Waals surface area (Å²) in [6.45, 7) is 4.33. The minimum absolute atomic E-state index is 0.532. The zero-order valence-electron chi connectivity index (χ0n) is 12.8. The van der Waals surface area contributed by atoms with Crippen LogP contribution in [0.15, 0.2) is 30.3 Å². The number of benzene rings is 1. The number of methoxy groups -OCH3 is 1. The van der Waals surface area contributed by atoms with Crippen LogP contribution in [-0.2, 0) is 12.8 Å². The topological polar surface area (TPSA) is 73.1 Å². The van der Waals surface area contributed by atoms with Crippen LogP contribution >= 0.6 is 0 Å². The third-order valence-electron chi connectivity index (χ3n) is 3.13. The fourth-order valence-electron chi connectivity index (χ4n) is 2.25. The summed E-state index contributed by atoms with van der Waals surface area (Å²) in [5.41, 5.74) is 4.67. The number of nitrogen functional groups attached to an aromatic ring is 1. The lowest BCUT2D eigenvalue weighted by Crippen LogP contribution is -2.12. The van der Waals surface area contributed by atoms with Gasteiger partial charge in [-0.2, -0.15) is 0 Å². The lowest BCUT2D eigenvalue weighted by molar-refractivity contribution is 0.410. The summed E-state index contributed by atoms with van der Waals surface area (Å²) < 4.78 is 5.37. The van der Waals surface area contributed by atoms with Crippen molar-refractivity contribution >= 4 is 5.82 Å². The second-order valence-electron chi connectivity index (χ2n) is 5.39. The Morgan fingerprint density at radius 1 is 1.24 bits per heavy atom. The Labute approximate surface area is 125 Å². The molecule has 0 aliphatic rings. The largest absolute Gasteiger partial charge is 0.496 e. The number of rotatable bonds is 6. The first kappa shape index (κ1) is 15.3. The van der Waals surface area contributed by atoms with Crippen molar-refractivity contribution in [3.05, 3.63) is 47.4 Å². The van der Waals surface area contributed by atoms with Crippen molar-refractivity contribution in [3.63, 3.8) is 0 Å². The van der Waals surface area contributed by atoms with E-state index in [0.29, 0.717) is 18.2 Å². The zero-order chi connectivity index (χ0) is 15.2. The van der Waals surface area contributed by atoms with Crippen LogP contribution in [-0.4, -0.2) is 17.1 Å². The lowest BCUT2D eigenvalue weighted by atomic mass is 10.1. The maximum atomic E-state index is 5.50. The van der Waals surface area contributed by atoms with Crippen LogP contribution in [0.25, 0.3) is 0 Å². The number of hydrogen-bond donors (Lipinski definition) is 2. The molecular weight excluding hydrogens is 264 g/mol. The first-order valence-electron chi connectivity index (χ1n) is 7.07. The number of anilines is 1. The van der Waals surface area contributed by atoms with E-state index in [9.17, 15) is 0 Å². The number of hydrogen-bond acceptors (Lipinski definition) is 5. The highest BCUT2D eigenvalue weighted by Gasteiger charge is 2.09. The molecule has 0 radical (unpaired) electrons. The minimum Gasteiger partial charge on any atom is -0.496 e. The summed E-state index contributed by atoms with van der Waals surface area (Å²) in [6, 6.07) is 9.79. The number of nitrogens with zero attached hydrogens (tertiary/aromatic N) is 2. The van der Waals surface area contributed by atoms with E-state index < -0.39 is 0 Å². The molecule has 0 saturated carbocycles. The molecule has 0 saturated heterocycles. The van der Waals surface area contributed by atoms with Gasteiger partial charge in [0.2, 0.25) is 0 Å². The van der Waals surface area contributed by atoms with E-state index in [1.807, 2.05) is 30.3 Å². The van der Waals surface area contributed by atoms with Crippen LogP contribution in [0.1, 0.15) is 30.9 Å². The molecule has 0 aliphatic carbocycles. The summed E-state index contributed by atoms with van der Waals surface area (Å²) in [6.07, 6.45) is 1.51. The molecule has 0 bridgehead atoms. The van der Waals surface area contributed by atoms with E-state index in [4.69, 9.17) is 10.6 Å². The number of para-hydroxylation sites is 1. The van der Waals surface area contributed by atoms with Gasteiger partial charge in [-0.1, -0.05) is 32.0 Å². The van der Waals surface area contributed by atoms with Crippen molar-refractivity contribution in [3.8, 4) is 5.75 Å². The Balaban J connectivity index is 2.30. The van der Waals surface area contributed by atoms with Gasteiger partial charge in [0.05, 0.1) is 7.11 Å². The molecular formula is C16H22N4O. The molecule has 1 aromatic carbocycles. The van der Waals surface area contributed by atoms with Crippen molar-refractivity contribution < 1.29 is 4.74 Å². The van der Waals surface area contributed by atoms with Crippen LogP contribution < -0.4 is 16.0 Å². The molecule has 21 heavy (non-hydrogen) atoms. The Bertz CT molecular complexity index is 599. The molecule has 0 aliphatic heterocycles. The first-order valence-corrected chi connectivity index (χ1v) is 7.07. The Kier molecular flexibility index (Phi) is 5.11. The number of nitrogens with two attached hydrogens (primary N) is 1. The standard InChI is InChI=1S/C16H22N4O/c1-11(2)8-13-10-16(20-17)19-15(18-13)9-12-6-4-5-7-14(12)21-3/h4-7,10-11H,8-9,17H2,1-3H3,(H,18,19,20). The molecule has 3 N–H and O–H groups in total. The van der Waals surface area contributed by atoms with Crippen LogP contribution in [0.2, 0.25) is 0 Å². The number of hydrazine groups is 1. The monoisotopic (exact) mass is 286 g/mol. The zero-order valence-corrected chi connectivity index (χ0v) is 12.8. The normalized spacial score (nSPS) is 10.7. The molecule has 112 valence electrons. The summed E-state index contributed by atoms with van der Waals surface area (Å²) in [4.78, 5) is 9.06. The van der Waals surface area contributed by atoms with Gasteiger partial charge in [0.1, 0.15) is 17.4 Å². The summed E-state index contributed by atoms with van der Waals surface area (Å²) in [5.74, 6) is 8.27. The van der Waals surface area contributed by atoms with Gasteiger partial charge in [0.15, 0.2) is 0 Å². The van der Waals surface area contributed by atoms with E-state index in [1.54, 1.807) is 7.11 Å². The van der Waals surface area contributed by atoms with Gasteiger partial charge in [0, 0.05) is 23.7 Å². The molecule has 0 amide bonds. The van der Waals surface area contributed by atoms with Gasteiger partial charge >= 0.3 is 0 Å². The fraction of sp³-hybridized carbons (Fsp3) is 0.375. The first-order chi connectivity index (χ1) is 10.1. The van der Waals surface area contributed by atoms with E-state index in [1.165, 1.54) is 0 Å². The van der Waals surface area contributed by atoms with Crippen LogP contribution in [0.5, 0.6) is 5.75 Å². The predicted octanol–water partition coefficient (Wildman–Crippen LogP) is 2.56. The van der Waals surface area contributed by atoms with Crippen molar-refractivity contribution in [1.29, 1.82) is 0 Å². The number of nitrogens with one attached hydrogen (secondary N) is 1. The molecule has 0 unspecified atom stereocenters. The van der Waals surface area contributed by atoms with Gasteiger partial charge in [0.25, 0.3) is 0 Å². The Morgan fingerprint density at radius 2 is 2.00 bits per heavy atom. The highest BCUT2D eigenvalue weighted by molar-refractivity contribution is 5.38. The molecule has 2 aromatic rings. The molecule has 5 heteroatoms. The van der Waals surface area contributed by atoms with Crippen molar-refractivity contribution in [2.75, 3.05) is 12.5 Å². The van der Waals surface area contributed by atoms with E-state index in [-0.39, 0.29) is 0 Å². The van der Waals surface area contributed by atoms with Crippen molar-refractivity contribution in [2.24, 2.45) is 11.8 Å². The predicted molar refractivity (Wildman–Crippen MR) is 84.2 cm³/mol. The van der Waals surface area contributed by atoms with Crippen molar-refractivity contribution in [2.45, 2.75) is 26.7 Å². The average molecular weight is 286 g/mol. The smallest absolute Gasteiger partial charge is 0.143 e. The van der Waals surface area contributed by atoms with Gasteiger partial charge in [-0.25, -0.2) is 15.8 Å². The Hall–Kier alpha value is -2.14. The molecule has 0 spiro atoms. The summed E-state index contributed by atoms with van der Waals surface area (Å²) >= 11 is 0. The third-order valence-corrected chi connectivity index (χ3v) is 3.13. The van der Waals surface area contributed by atoms with Crippen LogP contribution in [0.4, 0.5) is 5.82 Å². The van der Waals surface area contributed by atoms with Crippen LogP contribution in [0.3, 0.4) is 0 Å². The number of ether oxygens (including phenoxy) is 1. The maximum Gasteiger partial charge on any atom is 0.143 e. The lowest BCUT2D eigenvalue weighted by Gasteiger charge is -2.11. The van der Waals surface area contributed by atoms with E-state index >= 15 is 0 Å². The van der Waals surface area contributed by atoms with Crippen molar-refractivity contribution in [1.82, 2.24) is 9.97 Å². The minimum atomic E-state index is 0.532. The van der Waals surface area contributed by atoms with Gasteiger partial charge in [-0.3, -0.25) is 0 Å². The highest BCUT2D eigenvalue weighted by Crippen LogP contribution is 2.20. The SMILES string of the molecule is COc1ccccc1Cc1nc(CC(C)C)cc(NN)n1.